The molecule has 1 aromatic carbocycles. The van der Waals surface area contributed by atoms with Crippen molar-refractivity contribution >= 4 is 16.9 Å². The number of nitrogens with zero attached hydrogens (tertiary/aromatic N) is 3. The summed E-state index contributed by atoms with van der Waals surface area (Å²) in [5.74, 6) is 0.314. The molecule has 0 aliphatic heterocycles. The third-order valence-corrected chi connectivity index (χ3v) is 3.02. The fourth-order valence-electron chi connectivity index (χ4n) is 2.19. The summed E-state index contributed by atoms with van der Waals surface area (Å²) in [4.78, 5) is 17.8. The van der Waals surface area contributed by atoms with E-state index in [0.717, 1.165) is 11.3 Å². The first kappa shape index (κ1) is 11.5. The minimum atomic E-state index is -0.459. The molecule has 96 valence electrons. The van der Waals surface area contributed by atoms with Crippen LogP contribution in [0.25, 0.3) is 11.0 Å². The summed E-state index contributed by atoms with van der Waals surface area (Å²) in [7, 11) is 1.75. The van der Waals surface area contributed by atoms with Crippen LogP contribution in [-0.2, 0) is 13.5 Å². The Bertz CT molecular complexity index is 788. The first-order valence-electron chi connectivity index (χ1n) is 5.90. The lowest BCUT2D eigenvalue weighted by atomic mass is 10.1. The lowest BCUT2D eigenvalue weighted by molar-refractivity contribution is 0.763. The van der Waals surface area contributed by atoms with Gasteiger partial charge in [0.1, 0.15) is 5.82 Å². The number of hydrogen-bond acceptors (Lipinski definition) is 4. The zero-order valence-corrected chi connectivity index (χ0v) is 10.4. The van der Waals surface area contributed by atoms with E-state index in [0.29, 0.717) is 23.3 Å². The smallest absolute Gasteiger partial charge is 0.348 e. The van der Waals surface area contributed by atoms with Crippen LogP contribution in [0.4, 0.5) is 5.82 Å². The number of rotatable bonds is 2. The second-order valence-electron chi connectivity index (χ2n) is 4.39. The second kappa shape index (κ2) is 4.24. The molecule has 19 heavy (non-hydrogen) atoms. The number of nitrogens with one attached hydrogen (secondary N) is 1. The van der Waals surface area contributed by atoms with Crippen LogP contribution in [-0.4, -0.2) is 19.7 Å². The highest BCUT2D eigenvalue weighted by molar-refractivity contribution is 5.88. The molecule has 0 saturated carbocycles. The Labute approximate surface area is 108 Å². The van der Waals surface area contributed by atoms with Gasteiger partial charge in [0.15, 0.2) is 5.65 Å². The molecule has 2 aromatic heterocycles. The van der Waals surface area contributed by atoms with E-state index in [4.69, 9.17) is 5.73 Å². The summed E-state index contributed by atoms with van der Waals surface area (Å²) in [5.41, 5.74) is 7.87. The van der Waals surface area contributed by atoms with E-state index in [1.165, 1.54) is 0 Å². The predicted octanol–water partition coefficient (Wildman–Crippen LogP) is 0.830. The number of benzene rings is 1. The highest BCUT2D eigenvalue weighted by Crippen LogP contribution is 2.21. The molecule has 3 rings (SSSR count). The van der Waals surface area contributed by atoms with Crippen molar-refractivity contribution in [3.63, 3.8) is 0 Å². The van der Waals surface area contributed by atoms with E-state index < -0.39 is 5.69 Å². The molecule has 0 bridgehead atoms. The number of anilines is 1. The Kier molecular flexibility index (Phi) is 2.56. The van der Waals surface area contributed by atoms with Gasteiger partial charge in [-0.05, 0) is 5.56 Å². The van der Waals surface area contributed by atoms with Crippen molar-refractivity contribution in [3.05, 3.63) is 52.1 Å². The zero-order valence-electron chi connectivity index (χ0n) is 10.4. The summed E-state index contributed by atoms with van der Waals surface area (Å²) in [6.45, 7) is 0. The van der Waals surface area contributed by atoms with Crippen LogP contribution in [0.5, 0.6) is 0 Å². The Morgan fingerprint density at radius 1 is 1.32 bits per heavy atom. The average Bonchev–Trinajstić information content (AvgIpc) is 2.67. The van der Waals surface area contributed by atoms with Gasteiger partial charge in [-0.25, -0.2) is 9.48 Å². The van der Waals surface area contributed by atoms with Crippen LogP contribution in [0.15, 0.2) is 35.1 Å². The number of aryl methyl sites for hydroxylation is 1. The number of hydrogen-bond donors (Lipinski definition) is 2. The predicted molar refractivity (Wildman–Crippen MR) is 72.8 cm³/mol. The van der Waals surface area contributed by atoms with Gasteiger partial charge in [0.05, 0.1) is 11.1 Å². The van der Waals surface area contributed by atoms with Crippen molar-refractivity contribution in [2.45, 2.75) is 6.42 Å². The average molecular weight is 255 g/mol. The van der Waals surface area contributed by atoms with Crippen LogP contribution >= 0.6 is 0 Å². The van der Waals surface area contributed by atoms with Crippen molar-refractivity contribution in [1.82, 2.24) is 19.7 Å². The SMILES string of the molecule is Cn1nc(Cc2ccccc2)c2c(N)[nH]c(=O)nc21. The summed E-state index contributed by atoms with van der Waals surface area (Å²) in [6.07, 6.45) is 0.649. The van der Waals surface area contributed by atoms with E-state index in [1.54, 1.807) is 11.7 Å². The highest BCUT2D eigenvalue weighted by atomic mass is 16.1. The molecule has 0 saturated heterocycles. The van der Waals surface area contributed by atoms with Gasteiger partial charge in [0.25, 0.3) is 0 Å². The molecule has 6 nitrogen and oxygen atoms in total. The molecule has 0 amide bonds. The molecule has 6 heteroatoms. The molecular weight excluding hydrogens is 242 g/mol. The van der Waals surface area contributed by atoms with Crippen molar-refractivity contribution in [3.8, 4) is 0 Å². The summed E-state index contributed by atoms with van der Waals surface area (Å²) in [5, 5.41) is 5.12. The Balaban J connectivity index is 2.17. The summed E-state index contributed by atoms with van der Waals surface area (Å²) < 4.78 is 1.58. The van der Waals surface area contributed by atoms with Gasteiger partial charge in [-0.2, -0.15) is 10.1 Å². The van der Waals surface area contributed by atoms with Gasteiger partial charge in [0, 0.05) is 13.5 Å². The molecule has 0 radical (unpaired) electrons. The van der Waals surface area contributed by atoms with Gasteiger partial charge < -0.3 is 5.73 Å². The molecule has 0 aliphatic carbocycles. The molecule has 0 atom stereocenters. The van der Waals surface area contributed by atoms with E-state index >= 15 is 0 Å². The van der Waals surface area contributed by atoms with E-state index in [1.807, 2.05) is 30.3 Å². The number of aromatic amines is 1. The molecule has 2 heterocycles. The maximum atomic E-state index is 11.3. The third kappa shape index (κ3) is 1.97. The van der Waals surface area contributed by atoms with Gasteiger partial charge >= 0.3 is 5.69 Å². The Morgan fingerprint density at radius 2 is 2.05 bits per heavy atom. The lowest BCUT2D eigenvalue weighted by Gasteiger charge is -2.00. The Morgan fingerprint density at radius 3 is 2.79 bits per heavy atom. The zero-order chi connectivity index (χ0) is 13.4. The number of nitrogen functional groups attached to an aromatic ring is 1. The van der Waals surface area contributed by atoms with Crippen molar-refractivity contribution < 1.29 is 0 Å². The molecule has 0 spiro atoms. The minimum absolute atomic E-state index is 0.314. The molecule has 3 aromatic rings. The standard InChI is InChI=1S/C13H13N5O/c1-18-12-10(11(14)15-13(19)16-12)9(17-18)7-8-5-3-2-4-6-8/h2-6H,7H2,1H3,(H3,14,15,16,19). The number of aromatic nitrogens is 4. The van der Waals surface area contributed by atoms with Crippen molar-refractivity contribution in [2.75, 3.05) is 5.73 Å². The van der Waals surface area contributed by atoms with Gasteiger partial charge in [-0.1, -0.05) is 30.3 Å². The van der Waals surface area contributed by atoms with Crippen LogP contribution in [0.2, 0.25) is 0 Å². The minimum Gasteiger partial charge on any atom is -0.384 e. The first-order valence-corrected chi connectivity index (χ1v) is 5.90. The normalized spacial score (nSPS) is 11.0. The highest BCUT2D eigenvalue weighted by Gasteiger charge is 2.14. The van der Waals surface area contributed by atoms with Gasteiger partial charge in [0.2, 0.25) is 0 Å². The van der Waals surface area contributed by atoms with Crippen LogP contribution in [0, 0.1) is 0 Å². The quantitative estimate of drug-likeness (QED) is 0.709. The molecular formula is C13H13N5O. The number of nitrogens with two attached hydrogens (primary N) is 1. The van der Waals surface area contributed by atoms with Gasteiger partial charge in [-0.15, -0.1) is 0 Å². The van der Waals surface area contributed by atoms with Gasteiger partial charge in [-0.3, -0.25) is 4.98 Å². The lowest BCUT2D eigenvalue weighted by Crippen LogP contribution is -2.13. The van der Waals surface area contributed by atoms with Crippen molar-refractivity contribution in [1.29, 1.82) is 0 Å². The maximum absolute atomic E-state index is 11.3. The fourth-order valence-corrected chi connectivity index (χ4v) is 2.19. The topological polar surface area (TPSA) is 89.6 Å². The Hall–Kier alpha value is -2.63. The molecule has 0 unspecified atom stereocenters. The van der Waals surface area contributed by atoms with E-state index in [9.17, 15) is 4.79 Å². The summed E-state index contributed by atoms with van der Waals surface area (Å²) in [6, 6.07) is 9.97. The first-order chi connectivity index (χ1) is 9.15. The second-order valence-corrected chi connectivity index (χ2v) is 4.39. The molecule has 0 aliphatic rings. The largest absolute Gasteiger partial charge is 0.384 e. The monoisotopic (exact) mass is 255 g/mol. The van der Waals surface area contributed by atoms with Crippen LogP contribution in [0.1, 0.15) is 11.3 Å². The van der Waals surface area contributed by atoms with E-state index in [-0.39, 0.29) is 0 Å². The van der Waals surface area contributed by atoms with Crippen LogP contribution < -0.4 is 11.4 Å². The summed E-state index contributed by atoms with van der Waals surface area (Å²) >= 11 is 0. The number of fused-ring (bicyclic) bond motifs is 1. The maximum Gasteiger partial charge on any atom is 0.348 e. The number of H-pyrrole nitrogens is 1. The molecule has 0 fully saturated rings. The van der Waals surface area contributed by atoms with Crippen LogP contribution in [0.3, 0.4) is 0 Å². The van der Waals surface area contributed by atoms with E-state index in [2.05, 4.69) is 15.1 Å². The molecule has 3 N–H and O–H groups in total. The van der Waals surface area contributed by atoms with Crippen molar-refractivity contribution in [2.24, 2.45) is 7.05 Å². The third-order valence-electron chi connectivity index (χ3n) is 3.02. The fraction of sp³-hybridized carbons (Fsp3) is 0.154.